The predicted octanol–water partition coefficient (Wildman–Crippen LogP) is 2.45. The van der Waals surface area contributed by atoms with E-state index in [0.717, 1.165) is 5.56 Å². The Morgan fingerprint density at radius 3 is 2.80 bits per heavy atom. The number of nitrogens with one attached hydrogen (secondary N) is 2. The number of rotatable bonds is 9. The maximum atomic E-state index is 12.6. The van der Waals surface area contributed by atoms with Crippen molar-refractivity contribution in [2.24, 2.45) is 7.05 Å². The summed E-state index contributed by atoms with van der Waals surface area (Å²) >= 11 is 0. The van der Waals surface area contributed by atoms with Gasteiger partial charge >= 0.3 is 0 Å². The second-order valence-electron chi connectivity index (χ2n) is 6.53. The number of methoxy groups -OCH3 is 1. The molecule has 0 fully saturated rings. The van der Waals surface area contributed by atoms with Crippen LogP contribution >= 0.6 is 0 Å². The topological polar surface area (TPSA) is 98.4 Å². The van der Waals surface area contributed by atoms with Gasteiger partial charge in [-0.15, -0.1) is 0 Å². The second kappa shape index (κ2) is 10.1. The van der Waals surface area contributed by atoms with E-state index >= 15 is 0 Å². The number of aryl methyl sites for hydroxylation is 1. The molecule has 0 saturated carbocycles. The Hall–Kier alpha value is -3.81. The highest BCUT2D eigenvalue weighted by molar-refractivity contribution is 5.91. The van der Waals surface area contributed by atoms with Crippen LogP contribution in [0.3, 0.4) is 0 Å². The van der Waals surface area contributed by atoms with E-state index in [1.165, 1.54) is 12.3 Å². The van der Waals surface area contributed by atoms with Crippen LogP contribution in [-0.4, -0.2) is 35.0 Å². The lowest BCUT2D eigenvalue weighted by Gasteiger charge is -2.21. The van der Waals surface area contributed by atoms with Gasteiger partial charge in [0, 0.05) is 44.0 Å². The highest BCUT2D eigenvalue weighted by Gasteiger charge is 2.23. The maximum absolute atomic E-state index is 12.6. The first kappa shape index (κ1) is 20.9. The van der Waals surface area contributed by atoms with Crippen LogP contribution in [-0.2, 0) is 16.6 Å². The van der Waals surface area contributed by atoms with E-state index in [-0.39, 0.29) is 24.8 Å². The normalized spacial score (nSPS) is 11.9. The lowest BCUT2D eigenvalue weighted by molar-refractivity contribution is -0.121. The molecule has 0 aliphatic carbocycles. The van der Waals surface area contributed by atoms with Gasteiger partial charge < -0.3 is 24.4 Å². The number of amides is 2. The average Bonchev–Trinajstić information content (AvgIpc) is 3.42. The number of furan rings is 1. The summed E-state index contributed by atoms with van der Waals surface area (Å²) in [6.07, 6.45) is 8.07. The first-order valence-electron chi connectivity index (χ1n) is 9.47. The molecule has 8 heteroatoms. The molecular weight excluding hydrogens is 384 g/mol. The van der Waals surface area contributed by atoms with Crippen LogP contribution in [0.5, 0.6) is 5.75 Å². The van der Waals surface area contributed by atoms with Crippen LogP contribution in [0, 0.1) is 0 Å². The largest absolute Gasteiger partial charge is 0.496 e. The van der Waals surface area contributed by atoms with E-state index < -0.39 is 6.04 Å². The number of aromatic nitrogens is 2. The molecule has 1 atom stereocenters. The molecule has 2 amide bonds. The number of nitrogens with zero attached hydrogens (tertiary/aromatic N) is 2. The number of benzene rings is 1. The summed E-state index contributed by atoms with van der Waals surface area (Å²) in [5.41, 5.74) is 0.799. The van der Waals surface area contributed by atoms with Gasteiger partial charge in [0.1, 0.15) is 23.4 Å². The van der Waals surface area contributed by atoms with Crippen molar-refractivity contribution in [2.75, 3.05) is 13.7 Å². The third-order valence-corrected chi connectivity index (χ3v) is 4.47. The number of ether oxygens (including phenoxy) is 1. The Labute approximate surface area is 174 Å². The summed E-state index contributed by atoms with van der Waals surface area (Å²) in [7, 11) is 3.45. The molecule has 0 bridgehead atoms. The number of para-hydroxylation sites is 1. The van der Waals surface area contributed by atoms with Crippen molar-refractivity contribution >= 4 is 17.9 Å². The molecule has 2 heterocycles. The summed E-state index contributed by atoms with van der Waals surface area (Å²) < 4.78 is 12.4. The summed E-state index contributed by atoms with van der Waals surface area (Å²) in [4.78, 5) is 28.8. The molecule has 2 aromatic heterocycles. The Bertz CT molecular complexity index is 1010. The smallest absolute Gasteiger partial charge is 0.244 e. The second-order valence-corrected chi connectivity index (χ2v) is 6.53. The third-order valence-electron chi connectivity index (χ3n) is 4.47. The van der Waals surface area contributed by atoms with Crippen LogP contribution in [0.25, 0.3) is 6.08 Å². The average molecular weight is 408 g/mol. The van der Waals surface area contributed by atoms with Gasteiger partial charge in [-0.05, 0) is 24.3 Å². The van der Waals surface area contributed by atoms with Crippen LogP contribution in [0.4, 0.5) is 0 Å². The van der Waals surface area contributed by atoms with Gasteiger partial charge in [0.25, 0.3) is 0 Å². The highest BCUT2D eigenvalue weighted by atomic mass is 16.5. The number of carbonyl (C=O) groups is 2. The number of imidazole rings is 1. The molecule has 0 saturated heterocycles. The Morgan fingerprint density at radius 2 is 2.10 bits per heavy atom. The predicted molar refractivity (Wildman–Crippen MR) is 112 cm³/mol. The maximum Gasteiger partial charge on any atom is 0.244 e. The van der Waals surface area contributed by atoms with Gasteiger partial charge in [-0.25, -0.2) is 4.98 Å². The van der Waals surface area contributed by atoms with E-state index in [2.05, 4.69) is 15.6 Å². The van der Waals surface area contributed by atoms with E-state index in [0.29, 0.717) is 17.3 Å². The fourth-order valence-corrected chi connectivity index (χ4v) is 2.98. The minimum atomic E-state index is -0.483. The first-order chi connectivity index (χ1) is 14.6. The zero-order valence-corrected chi connectivity index (χ0v) is 16.9. The quantitative estimate of drug-likeness (QED) is 0.530. The van der Waals surface area contributed by atoms with E-state index in [1.807, 2.05) is 42.1 Å². The van der Waals surface area contributed by atoms with Crippen LogP contribution < -0.4 is 15.4 Å². The summed E-state index contributed by atoms with van der Waals surface area (Å²) in [5.74, 6) is 1.40. The molecule has 8 nitrogen and oxygen atoms in total. The fraction of sp³-hybridized carbons (Fsp3) is 0.227. The summed E-state index contributed by atoms with van der Waals surface area (Å²) in [5, 5.41) is 5.68. The number of carbonyl (C=O) groups excluding carboxylic acids is 2. The minimum Gasteiger partial charge on any atom is -0.496 e. The zero-order valence-electron chi connectivity index (χ0n) is 16.9. The number of hydrogen-bond donors (Lipinski definition) is 2. The highest BCUT2D eigenvalue weighted by Crippen LogP contribution is 2.29. The van der Waals surface area contributed by atoms with Crippen molar-refractivity contribution in [1.29, 1.82) is 0 Å². The van der Waals surface area contributed by atoms with E-state index in [4.69, 9.17) is 9.15 Å². The van der Waals surface area contributed by atoms with Crippen molar-refractivity contribution in [3.8, 4) is 5.75 Å². The van der Waals surface area contributed by atoms with Crippen LogP contribution in [0.2, 0.25) is 0 Å². The molecule has 0 aliphatic rings. The van der Waals surface area contributed by atoms with Gasteiger partial charge in [-0.1, -0.05) is 18.2 Å². The third kappa shape index (κ3) is 5.38. The Morgan fingerprint density at radius 1 is 1.27 bits per heavy atom. The Balaban J connectivity index is 1.61. The molecule has 3 rings (SSSR count). The molecule has 0 radical (unpaired) electrons. The first-order valence-corrected chi connectivity index (χ1v) is 9.47. The van der Waals surface area contributed by atoms with E-state index in [9.17, 15) is 9.59 Å². The molecule has 1 unspecified atom stereocenters. The van der Waals surface area contributed by atoms with Crippen molar-refractivity contribution in [2.45, 2.75) is 12.5 Å². The molecule has 156 valence electrons. The van der Waals surface area contributed by atoms with Gasteiger partial charge in [0.05, 0.1) is 13.4 Å². The van der Waals surface area contributed by atoms with Gasteiger partial charge in [-0.2, -0.15) is 0 Å². The van der Waals surface area contributed by atoms with Crippen molar-refractivity contribution < 1.29 is 18.7 Å². The van der Waals surface area contributed by atoms with Crippen molar-refractivity contribution in [3.05, 3.63) is 78.3 Å². The molecule has 3 aromatic rings. The van der Waals surface area contributed by atoms with E-state index in [1.54, 1.807) is 31.5 Å². The van der Waals surface area contributed by atoms with Gasteiger partial charge in [0.2, 0.25) is 11.8 Å². The number of hydrogen-bond acceptors (Lipinski definition) is 5. The lowest BCUT2D eigenvalue weighted by Crippen LogP contribution is -2.34. The SMILES string of the molecule is COc1ccccc1C(NC(=O)CCNC(=O)/C=C/c1ccco1)c1nccn1C. The molecular formula is C22H24N4O4. The molecule has 0 spiro atoms. The van der Waals surface area contributed by atoms with Crippen LogP contribution in [0.1, 0.15) is 29.6 Å². The zero-order chi connectivity index (χ0) is 21.3. The summed E-state index contributed by atoms with van der Waals surface area (Å²) in [6, 6.07) is 10.5. The van der Waals surface area contributed by atoms with Crippen molar-refractivity contribution in [3.63, 3.8) is 0 Å². The fourth-order valence-electron chi connectivity index (χ4n) is 2.98. The molecule has 1 aromatic carbocycles. The Kier molecular flexibility index (Phi) is 7.05. The minimum absolute atomic E-state index is 0.121. The van der Waals surface area contributed by atoms with Crippen molar-refractivity contribution in [1.82, 2.24) is 20.2 Å². The molecule has 0 aliphatic heterocycles. The van der Waals surface area contributed by atoms with Crippen LogP contribution in [0.15, 0.2) is 65.5 Å². The van der Waals surface area contributed by atoms with Gasteiger partial charge in [-0.3, -0.25) is 9.59 Å². The molecule has 30 heavy (non-hydrogen) atoms. The monoisotopic (exact) mass is 408 g/mol. The van der Waals surface area contributed by atoms with Gasteiger partial charge in [0.15, 0.2) is 0 Å². The lowest BCUT2D eigenvalue weighted by atomic mass is 10.0. The summed E-state index contributed by atoms with van der Waals surface area (Å²) in [6.45, 7) is 0.201. The standard InChI is InChI=1S/C22H24N4O4/c1-26-14-13-24-22(26)21(17-7-3-4-8-18(17)29-2)25-20(28)11-12-23-19(27)10-9-16-6-5-15-30-16/h3-10,13-15,21H,11-12H2,1-2H3,(H,23,27)(H,25,28)/b10-9+. The molecule has 2 N–H and O–H groups in total.